The molecule has 0 radical (unpaired) electrons. The predicted octanol–water partition coefficient (Wildman–Crippen LogP) is 6.77. The first-order valence-electron chi connectivity index (χ1n) is 8.87. The number of aromatic nitrogens is 3. The van der Waals surface area contributed by atoms with Gasteiger partial charge in [-0.3, -0.25) is 0 Å². The summed E-state index contributed by atoms with van der Waals surface area (Å²) < 4.78 is 42.7. The molecule has 5 aromatic rings. The van der Waals surface area contributed by atoms with Crippen LogP contribution in [0.1, 0.15) is 4.88 Å². The monoisotopic (exact) mass is 409 g/mol. The topological polar surface area (TPSA) is 33.6 Å². The van der Waals surface area contributed by atoms with Crippen molar-refractivity contribution in [2.24, 2.45) is 0 Å². The Morgan fingerprint density at radius 3 is 2.59 bits per heavy atom. The van der Waals surface area contributed by atoms with Crippen LogP contribution in [-0.4, -0.2) is 14.5 Å². The number of alkyl halides is 3. The number of fused-ring (bicyclic) bond motifs is 1. The second-order valence-corrected chi connectivity index (χ2v) is 7.68. The number of hydrogen-bond acceptors (Lipinski definition) is 2. The Bertz CT molecular complexity index is 1300. The van der Waals surface area contributed by atoms with Crippen LogP contribution < -0.4 is 0 Å². The van der Waals surface area contributed by atoms with E-state index in [9.17, 15) is 13.2 Å². The van der Waals surface area contributed by atoms with Crippen molar-refractivity contribution in [1.29, 1.82) is 0 Å². The second kappa shape index (κ2) is 6.63. The molecule has 0 saturated heterocycles. The number of imidazole rings is 1. The van der Waals surface area contributed by atoms with Gasteiger partial charge in [0, 0.05) is 34.5 Å². The number of benzene rings is 2. The molecule has 7 heteroatoms. The van der Waals surface area contributed by atoms with Crippen LogP contribution in [0.15, 0.2) is 79.4 Å². The highest BCUT2D eigenvalue weighted by Crippen LogP contribution is 2.45. The highest BCUT2D eigenvalue weighted by molar-refractivity contribution is 7.16. The molecule has 1 N–H and O–H groups in total. The molecule has 0 aliphatic rings. The van der Waals surface area contributed by atoms with Gasteiger partial charge >= 0.3 is 6.18 Å². The Balaban J connectivity index is 1.57. The van der Waals surface area contributed by atoms with Crippen molar-refractivity contribution in [3.63, 3.8) is 0 Å². The van der Waals surface area contributed by atoms with Crippen LogP contribution in [0, 0.1) is 0 Å². The minimum absolute atomic E-state index is 0.182. The minimum atomic E-state index is -4.42. The summed E-state index contributed by atoms with van der Waals surface area (Å²) in [6.45, 7) is 0. The summed E-state index contributed by atoms with van der Waals surface area (Å²) >= 11 is 0.721. The van der Waals surface area contributed by atoms with E-state index < -0.39 is 11.1 Å². The normalized spacial score (nSPS) is 12.0. The lowest BCUT2D eigenvalue weighted by atomic mass is 10.1. The summed E-state index contributed by atoms with van der Waals surface area (Å²) in [5, 5.41) is 1.06. The molecular formula is C22H14F3N3S. The van der Waals surface area contributed by atoms with Crippen LogP contribution in [0.3, 0.4) is 0 Å². The zero-order valence-electron chi connectivity index (χ0n) is 14.9. The molecule has 0 fully saturated rings. The lowest BCUT2D eigenvalue weighted by Gasteiger charge is -2.07. The standard InChI is InChI=1S/C22H14F3N3S/c23-22(24,25)21-17(14-4-2-1-3-5-14)11-20(29-21)19-12-28(13-27-19)16-6-7-18-15(10-16)8-9-26-18/h1-13,26H. The summed E-state index contributed by atoms with van der Waals surface area (Å²) in [6.07, 6.45) is 0.825. The predicted molar refractivity (Wildman–Crippen MR) is 109 cm³/mol. The fraction of sp³-hybridized carbons (Fsp3) is 0.0455. The minimum Gasteiger partial charge on any atom is -0.361 e. The molecule has 0 amide bonds. The van der Waals surface area contributed by atoms with Crippen molar-refractivity contribution in [2.45, 2.75) is 6.18 Å². The summed E-state index contributed by atoms with van der Waals surface area (Å²) in [5.41, 5.74) is 3.15. The molecule has 144 valence electrons. The van der Waals surface area contributed by atoms with Crippen molar-refractivity contribution in [3.05, 3.63) is 84.3 Å². The van der Waals surface area contributed by atoms with E-state index in [1.807, 2.05) is 35.0 Å². The molecule has 5 rings (SSSR count). The third kappa shape index (κ3) is 3.23. The SMILES string of the molecule is FC(F)(F)c1sc(-c2cn(-c3ccc4[nH]ccc4c3)cn2)cc1-c1ccccc1. The third-order valence-electron chi connectivity index (χ3n) is 4.74. The van der Waals surface area contributed by atoms with Gasteiger partial charge in [0.15, 0.2) is 0 Å². The highest BCUT2D eigenvalue weighted by Gasteiger charge is 2.36. The zero-order valence-corrected chi connectivity index (χ0v) is 15.8. The molecule has 0 unspecified atom stereocenters. The molecule has 3 aromatic heterocycles. The number of nitrogens with zero attached hydrogens (tertiary/aromatic N) is 2. The van der Waals surface area contributed by atoms with Gasteiger partial charge in [0.05, 0.1) is 16.9 Å². The van der Waals surface area contributed by atoms with Crippen LogP contribution in [0.25, 0.3) is 38.3 Å². The highest BCUT2D eigenvalue weighted by atomic mass is 32.1. The first kappa shape index (κ1) is 17.8. The molecule has 0 spiro atoms. The Labute approximate surface area is 168 Å². The Morgan fingerprint density at radius 2 is 1.79 bits per heavy atom. The summed E-state index contributed by atoms with van der Waals surface area (Å²) in [6, 6.07) is 18.1. The van der Waals surface area contributed by atoms with E-state index >= 15 is 0 Å². The van der Waals surface area contributed by atoms with Crippen LogP contribution in [-0.2, 0) is 6.18 Å². The summed E-state index contributed by atoms with van der Waals surface area (Å²) in [5.74, 6) is 0. The van der Waals surface area contributed by atoms with Crippen molar-refractivity contribution in [2.75, 3.05) is 0 Å². The van der Waals surface area contributed by atoms with Gasteiger partial charge in [-0.2, -0.15) is 13.2 Å². The molecule has 0 saturated carbocycles. The van der Waals surface area contributed by atoms with E-state index in [0.29, 0.717) is 16.1 Å². The quantitative estimate of drug-likeness (QED) is 0.351. The first-order chi connectivity index (χ1) is 14.0. The lowest BCUT2D eigenvalue weighted by molar-refractivity contribution is -0.133. The van der Waals surface area contributed by atoms with E-state index in [-0.39, 0.29) is 5.56 Å². The Morgan fingerprint density at radius 1 is 0.966 bits per heavy atom. The van der Waals surface area contributed by atoms with Gasteiger partial charge < -0.3 is 9.55 Å². The molecule has 3 heterocycles. The number of nitrogens with one attached hydrogen (secondary N) is 1. The molecule has 0 aliphatic carbocycles. The van der Waals surface area contributed by atoms with E-state index in [1.165, 1.54) is 0 Å². The van der Waals surface area contributed by atoms with Crippen LogP contribution in [0.5, 0.6) is 0 Å². The van der Waals surface area contributed by atoms with Crippen molar-refractivity contribution in [1.82, 2.24) is 14.5 Å². The average Bonchev–Trinajstić information content (AvgIpc) is 3.45. The summed E-state index contributed by atoms with van der Waals surface area (Å²) in [7, 11) is 0. The van der Waals surface area contributed by atoms with Gasteiger partial charge in [-0.1, -0.05) is 30.3 Å². The van der Waals surface area contributed by atoms with Gasteiger partial charge in [-0.05, 0) is 35.9 Å². The number of rotatable bonds is 3. The molecule has 3 nitrogen and oxygen atoms in total. The fourth-order valence-electron chi connectivity index (χ4n) is 3.35. The van der Waals surface area contributed by atoms with Gasteiger partial charge in [0.25, 0.3) is 0 Å². The van der Waals surface area contributed by atoms with Gasteiger partial charge in [0.2, 0.25) is 0 Å². The van der Waals surface area contributed by atoms with E-state index in [4.69, 9.17) is 0 Å². The summed E-state index contributed by atoms with van der Waals surface area (Å²) in [4.78, 5) is 7.37. The van der Waals surface area contributed by atoms with Gasteiger partial charge in [0.1, 0.15) is 4.88 Å². The third-order valence-corrected chi connectivity index (χ3v) is 5.95. The maximum absolute atomic E-state index is 13.6. The van der Waals surface area contributed by atoms with Crippen molar-refractivity contribution in [3.8, 4) is 27.4 Å². The Hall–Kier alpha value is -3.32. The van der Waals surface area contributed by atoms with E-state index in [1.54, 1.807) is 48.9 Å². The van der Waals surface area contributed by atoms with E-state index in [0.717, 1.165) is 27.9 Å². The van der Waals surface area contributed by atoms with Gasteiger partial charge in [-0.25, -0.2) is 4.98 Å². The molecule has 0 aliphatic heterocycles. The number of halogens is 3. The molecule has 0 bridgehead atoms. The van der Waals surface area contributed by atoms with Crippen molar-refractivity contribution < 1.29 is 13.2 Å². The maximum Gasteiger partial charge on any atom is 0.426 e. The molecule has 0 atom stereocenters. The number of aromatic amines is 1. The van der Waals surface area contributed by atoms with Crippen LogP contribution in [0.2, 0.25) is 0 Å². The average molecular weight is 409 g/mol. The smallest absolute Gasteiger partial charge is 0.361 e. The number of H-pyrrole nitrogens is 1. The number of thiophene rings is 1. The van der Waals surface area contributed by atoms with Gasteiger partial charge in [-0.15, -0.1) is 11.3 Å². The lowest BCUT2D eigenvalue weighted by Crippen LogP contribution is -2.03. The van der Waals surface area contributed by atoms with Crippen LogP contribution >= 0.6 is 11.3 Å². The Kier molecular flexibility index (Phi) is 4.06. The van der Waals surface area contributed by atoms with E-state index in [2.05, 4.69) is 9.97 Å². The fourth-order valence-corrected chi connectivity index (χ4v) is 4.36. The molecular weight excluding hydrogens is 395 g/mol. The zero-order chi connectivity index (χ0) is 20.0. The second-order valence-electron chi connectivity index (χ2n) is 6.63. The molecule has 29 heavy (non-hydrogen) atoms. The molecule has 2 aromatic carbocycles. The maximum atomic E-state index is 13.6. The largest absolute Gasteiger partial charge is 0.426 e. The first-order valence-corrected chi connectivity index (χ1v) is 9.69. The van der Waals surface area contributed by atoms with Crippen molar-refractivity contribution >= 4 is 22.2 Å². The number of hydrogen-bond donors (Lipinski definition) is 1. The van der Waals surface area contributed by atoms with Crippen LogP contribution in [0.4, 0.5) is 13.2 Å².